The van der Waals surface area contributed by atoms with E-state index in [0.717, 1.165) is 33.0 Å². The van der Waals surface area contributed by atoms with Gasteiger partial charge in [-0.15, -0.1) is 0 Å². The molecule has 0 saturated carbocycles. The zero-order chi connectivity index (χ0) is 23.8. The Labute approximate surface area is 207 Å². The van der Waals surface area contributed by atoms with Gasteiger partial charge in [0.1, 0.15) is 11.8 Å². The molecule has 5 aromatic rings. The molecule has 2 heterocycles. The molecule has 2 aromatic heterocycles. The van der Waals surface area contributed by atoms with Crippen molar-refractivity contribution in [1.82, 2.24) is 9.97 Å². The standard InChI is InChI=1S/C28H20Cl2N2O2/c1-16-7-6-10-19-13-20(27(30)32-26(16)19)15-34-28-24(17(2)33)25(18-8-4-3-5-9-18)22-14-21(29)11-12-23(22)31-28/h3-14H,15H2,1-2H3. The van der Waals surface area contributed by atoms with E-state index >= 15 is 0 Å². The molecular formula is C28H20Cl2N2O2. The van der Waals surface area contributed by atoms with E-state index in [4.69, 9.17) is 27.9 Å². The second kappa shape index (κ2) is 9.05. The van der Waals surface area contributed by atoms with Crippen LogP contribution in [0.5, 0.6) is 5.88 Å². The molecule has 0 atom stereocenters. The van der Waals surface area contributed by atoms with Gasteiger partial charge in [0.15, 0.2) is 5.78 Å². The Bertz CT molecular complexity index is 1570. The number of para-hydroxylation sites is 1. The van der Waals surface area contributed by atoms with Crippen LogP contribution in [0.2, 0.25) is 10.2 Å². The minimum absolute atomic E-state index is 0.121. The summed E-state index contributed by atoms with van der Waals surface area (Å²) in [5, 5.41) is 2.69. The van der Waals surface area contributed by atoms with Gasteiger partial charge in [-0.3, -0.25) is 4.79 Å². The van der Waals surface area contributed by atoms with Crippen LogP contribution in [0, 0.1) is 6.92 Å². The molecule has 0 aliphatic rings. The number of Topliss-reactive ketones (excluding diaryl/α,β-unsaturated/α-hetero) is 1. The highest BCUT2D eigenvalue weighted by molar-refractivity contribution is 6.31. The molecule has 0 amide bonds. The lowest BCUT2D eigenvalue weighted by atomic mass is 9.94. The SMILES string of the molecule is CC(=O)c1c(OCc2cc3cccc(C)c3nc2Cl)nc2ccc(Cl)cc2c1-c1ccccc1. The van der Waals surface area contributed by atoms with E-state index in [0.29, 0.717) is 26.8 Å². The molecule has 168 valence electrons. The average molecular weight is 487 g/mol. The number of hydrogen-bond acceptors (Lipinski definition) is 4. The summed E-state index contributed by atoms with van der Waals surface area (Å²) in [6.07, 6.45) is 0. The number of ketones is 1. The Morgan fingerprint density at radius 1 is 0.941 bits per heavy atom. The normalized spacial score (nSPS) is 11.2. The lowest BCUT2D eigenvalue weighted by molar-refractivity contribution is 0.101. The number of aromatic nitrogens is 2. The summed E-state index contributed by atoms with van der Waals surface area (Å²) in [5.41, 5.74) is 5.33. The number of carbonyl (C=O) groups excluding carboxylic acids is 1. The van der Waals surface area contributed by atoms with Gasteiger partial charge in [0.2, 0.25) is 5.88 Å². The molecule has 0 fully saturated rings. The maximum absolute atomic E-state index is 12.9. The van der Waals surface area contributed by atoms with Gasteiger partial charge in [-0.05, 0) is 49.2 Å². The van der Waals surface area contributed by atoms with E-state index in [1.165, 1.54) is 6.92 Å². The van der Waals surface area contributed by atoms with Crippen molar-refractivity contribution in [3.63, 3.8) is 0 Å². The van der Waals surface area contributed by atoms with Crippen molar-refractivity contribution >= 4 is 50.8 Å². The fourth-order valence-corrected chi connectivity index (χ4v) is 4.53. The first-order chi connectivity index (χ1) is 16.4. The van der Waals surface area contributed by atoms with Crippen molar-refractivity contribution in [2.45, 2.75) is 20.5 Å². The topological polar surface area (TPSA) is 52.1 Å². The summed E-state index contributed by atoms with van der Waals surface area (Å²) < 4.78 is 6.16. The lowest BCUT2D eigenvalue weighted by Gasteiger charge is -2.17. The van der Waals surface area contributed by atoms with Gasteiger partial charge in [0.25, 0.3) is 0 Å². The average Bonchev–Trinajstić information content (AvgIpc) is 2.83. The Kier molecular flexibility index (Phi) is 5.94. The predicted octanol–water partition coefficient (Wildman–Crippen LogP) is 7.85. The number of pyridine rings is 2. The van der Waals surface area contributed by atoms with Gasteiger partial charge in [0, 0.05) is 26.9 Å². The first-order valence-electron chi connectivity index (χ1n) is 10.8. The van der Waals surface area contributed by atoms with Crippen LogP contribution in [0.25, 0.3) is 32.9 Å². The van der Waals surface area contributed by atoms with E-state index in [1.54, 1.807) is 6.07 Å². The van der Waals surface area contributed by atoms with Gasteiger partial charge in [-0.25, -0.2) is 9.97 Å². The Morgan fingerprint density at radius 2 is 1.74 bits per heavy atom. The number of ether oxygens (including phenoxy) is 1. The van der Waals surface area contributed by atoms with Crippen molar-refractivity contribution in [1.29, 1.82) is 0 Å². The van der Waals surface area contributed by atoms with Crippen molar-refractivity contribution in [3.8, 4) is 17.0 Å². The number of halogens is 2. The van der Waals surface area contributed by atoms with Gasteiger partial charge in [-0.1, -0.05) is 71.7 Å². The van der Waals surface area contributed by atoms with E-state index in [2.05, 4.69) is 9.97 Å². The van der Waals surface area contributed by atoms with E-state index in [9.17, 15) is 4.79 Å². The van der Waals surface area contributed by atoms with Gasteiger partial charge < -0.3 is 4.74 Å². The molecule has 4 nitrogen and oxygen atoms in total. The second-order valence-corrected chi connectivity index (χ2v) is 8.92. The summed E-state index contributed by atoms with van der Waals surface area (Å²) in [6.45, 7) is 3.63. The fourth-order valence-electron chi connectivity index (χ4n) is 4.16. The summed E-state index contributed by atoms with van der Waals surface area (Å²) in [7, 11) is 0. The number of rotatable bonds is 5. The molecule has 5 rings (SSSR count). The smallest absolute Gasteiger partial charge is 0.225 e. The van der Waals surface area contributed by atoms with Crippen molar-refractivity contribution in [2.24, 2.45) is 0 Å². The minimum atomic E-state index is -0.151. The first kappa shape index (κ1) is 22.3. The van der Waals surface area contributed by atoms with Crippen LogP contribution in [0.3, 0.4) is 0 Å². The van der Waals surface area contributed by atoms with Crippen LogP contribution in [0.15, 0.2) is 72.8 Å². The quantitative estimate of drug-likeness (QED) is 0.187. The zero-order valence-corrected chi connectivity index (χ0v) is 20.1. The summed E-state index contributed by atoms with van der Waals surface area (Å²) in [6, 6.07) is 23.1. The van der Waals surface area contributed by atoms with Crippen LogP contribution in [-0.4, -0.2) is 15.8 Å². The van der Waals surface area contributed by atoms with Gasteiger partial charge in [-0.2, -0.15) is 0 Å². The van der Waals surface area contributed by atoms with Crippen LogP contribution in [-0.2, 0) is 6.61 Å². The minimum Gasteiger partial charge on any atom is -0.472 e. The fraction of sp³-hybridized carbons (Fsp3) is 0.107. The highest BCUT2D eigenvalue weighted by atomic mass is 35.5. The third-order valence-corrected chi connectivity index (χ3v) is 6.33. The zero-order valence-electron chi connectivity index (χ0n) is 18.6. The third-order valence-electron chi connectivity index (χ3n) is 5.77. The molecule has 3 aromatic carbocycles. The highest BCUT2D eigenvalue weighted by Gasteiger charge is 2.22. The highest BCUT2D eigenvalue weighted by Crippen LogP contribution is 2.38. The Morgan fingerprint density at radius 3 is 2.50 bits per heavy atom. The second-order valence-electron chi connectivity index (χ2n) is 8.12. The third kappa shape index (κ3) is 4.11. The Balaban J connectivity index is 1.65. The summed E-state index contributed by atoms with van der Waals surface area (Å²) in [5.74, 6) is 0.100. The molecular weight excluding hydrogens is 467 g/mol. The van der Waals surface area contributed by atoms with Crippen LogP contribution in [0.1, 0.15) is 28.4 Å². The van der Waals surface area contributed by atoms with Crippen molar-refractivity contribution in [2.75, 3.05) is 0 Å². The molecule has 0 saturated heterocycles. The van der Waals surface area contributed by atoms with E-state index in [-0.39, 0.29) is 18.3 Å². The molecule has 0 spiro atoms. The van der Waals surface area contributed by atoms with Crippen LogP contribution < -0.4 is 4.74 Å². The summed E-state index contributed by atoms with van der Waals surface area (Å²) >= 11 is 12.8. The maximum atomic E-state index is 12.9. The lowest BCUT2D eigenvalue weighted by Crippen LogP contribution is -2.07. The van der Waals surface area contributed by atoms with Crippen molar-refractivity contribution in [3.05, 3.63) is 99.7 Å². The molecule has 0 aliphatic carbocycles. The number of fused-ring (bicyclic) bond motifs is 2. The van der Waals surface area contributed by atoms with Gasteiger partial charge >= 0.3 is 0 Å². The number of carbonyl (C=O) groups is 1. The molecule has 0 aliphatic heterocycles. The molecule has 0 unspecified atom stereocenters. The predicted molar refractivity (Wildman–Crippen MR) is 138 cm³/mol. The number of aryl methyl sites for hydroxylation is 1. The Hall–Kier alpha value is -3.47. The van der Waals surface area contributed by atoms with Gasteiger partial charge in [0.05, 0.1) is 16.6 Å². The molecule has 34 heavy (non-hydrogen) atoms. The number of nitrogens with zero attached hydrogens (tertiary/aromatic N) is 2. The first-order valence-corrected chi connectivity index (χ1v) is 11.5. The monoisotopic (exact) mass is 486 g/mol. The van der Waals surface area contributed by atoms with Crippen LogP contribution in [0.4, 0.5) is 0 Å². The van der Waals surface area contributed by atoms with E-state index in [1.807, 2.05) is 73.7 Å². The number of benzene rings is 3. The molecule has 0 N–H and O–H groups in total. The largest absolute Gasteiger partial charge is 0.472 e. The molecule has 0 radical (unpaired) electrons. The molecule has 6 heteroatoms. The van der Waals surface area contributed by atoms with E-state index < -0.39 is 0 Å². The summed E-state index contributed by atoms with van der Waals surface area (Å²) in [4.78, 5) is 22.1. The van der Waals surface area contributed by atoms with Crippen LogP contribution >= 0.6 is 23.2 Å². The van der Waals surface area contributed by atoms with Crippen molar-refractivity contribution < 1.29 is 9.53 Å². The molecule has 0 bridgehead atoms. The maximum Gasteiger partial charge on any atom is 0.225 e. The number of hydrogen-bond donors (Lipinski definition) is 0.